The second-order valence-electron chi connectivity index (χ2n) is 9.57. The largest absolute Gasteiger partial charge is 0.444 e. The van der Waals surface area contributed by atoms with Crippen LogP contribution in [-0.2, 0) is 19.0 Å². The highest BCUT2D eigenvalue weighted by atomic mass is 16.6. The van der Waals surface area contributed by atoms with Gasteiger partial charge < -0.3 is 24.0 Å². The van der Waals surface area contributed by atoms with Crippen molar-refractivity contribution < 1.29 is 28.6 Å². The highest BCUT2D eigenvalue weighted by Gasteiger charge is 2.42. The van der Waals surface area contributed by atoms with Gasteiger partial charge in [-0.3, -0.25) is 9.69 Å². The van der Waals surface area contributed by atoms with Crippen LogP contribution in [0.1, 0.15) is 48.5 Å². The quantitative estimate of drug-likeness (QED) is 0.654. The summed E-state index contributed by atoms with van der Waals surface area (Å²) in [6, 6.07) is -0.930. The van der Waals surface area contributed by atoms with E-state index in [1.54, 1.807) is 46.4 Å². The molecule has 2 aliphatic rings. The molecule has 9 nitrogen and oxygen atoms in total. The number of rotatable bonds is 1. The van der Waals surface area contributed by atoms with Crippen LogP contribution in [0, 0.1) is 0 Å². The normalized spacial score (nSPS) is 23.6. The van der Waals surface area contributed by atoms with Gasteiger partial charge in [0.15, 0.2) is 0 Å². The molecule has 0 unspecified atom stereocenters. The van der Waals surface area contributed by atoms with E-state index in [1.807, 2.05) is 6.92 Å². The minimum atomic E-state index is -0.827. The number of nitrogens with zero attached hydrogens (tertiary/aromatic N) is 3. The first-order valence-corrected chi connectivity index (χ1v) is 10.1. The van der Waals surface area contributed by atoms with E-state index in [2.05, 4.69) is 0 Å². The summed E-state index contributed by atoms with van der Waals surface area (Å²) in [5.41, 5.74) is -1.32. The van der Waals surface area contributed by atoms with E-state index in [0.717, 1.165) is 0 Å². The van der Waals surface area contributed by atoms with E-state index in [-0.39, 0.29) is 31.6 Å². The third-order valence-electron chi connectivity index (χ3n) is 4.60. The Morgan fingerprint density at radius 1 is 0.862 bits per heavy atom. The molecule has 2 aliphatic heterocycles. The fourth-order valence-corrected chi connectivity index (χ4v) is 3.27. The van der Waals surface area contributed by atoms with E-state index >= 15 is 0 Å². The topological polar surface area (TPSA) is 88.6 Å². The molecule has 166 valence electrons. The highest BCUT2D eigenvalue weighted by molar-refractivity contribution is 5.87. The lowest BCUT2D eigenvalue weighted by Gasteiger charge is -2.44. The molecular weight excluding hydrogens is 378 g/mol. The summed E-state index contributed by atoms with van der Waals surface area (Å²) in [5, 5.41) is 0. The van der Waals surface area contributed by atoms with Gasteiger partial charge in [-0.25, -0.2) is 9.59 Å². The van der Waals surface area contributed by atoms with Crippen molar-refractivity contribution in [2.75, 3.05) is 39.4 Å². The number of ether oxygens (including phenoxy) is 3. The zero-order chi connectivity index (χ0) is 22.0. The van der Waals surface area contributed by atoms with Crippen molar-refractivity contribution in [1.29, 1.82) is 0 Å². The van der Waals surface area contributed by atoms with E-state index in [4.69, 9.17) is 14.2 Å². The van der Waals surface area contributed by atoms with E-state index in [0.29, 0.717) is 19.8 Å². The van der Waals surface area contributed by atoms with Crippen LogP contribution in [-0.4, -0.2) is 95.5 Å². The fraction of sp³-hybridized carbons (Fsp3) is 0.850. The SMILES string of the molecule is C[C@H]1COCCN1C(=O)[C@H]1CN(C(=O)OC(C)(C)C)CCN1C(=O)OC(C)(C)C. The Labute approximate surface area is 173 Å². The average molecular weight is 414 g/mol. The molecule has 0 aromatic heterocycles. The third-order valence-corrected chi connectivity index (χ3v) is 4.60. The molecule has 2 atom stereocenters. The van der Waals surface area contributed by atoms with Gasteiger partial charge >= 0.3 is 12.2 Å². The van der Waals surface area contributed by atoms with Gasteiger partial charge in [0.05, 0.1) is 25.8 Å². The first-order chi connectivity index (χ1) is 13.3. The summed E-state index contributed by atoms with van der Waals surface area (Å²) >= 11 is 0. The molecule has 0 aromatic rings. The van der Waals surface area contributed by atoms with Crippen molar-refractivity contribution >= 4 is 18.1 Å². The summed E-state index contributed by atoms with van der Waals surface area (Å²) in [6.07, 6.45) is -1.05. The molecule has 0 N–H and O–H groups in total. The van der Waals surface area contributed by atoms with Gasteiger partial charge in [0, 0.05) is 19.6 Å². The van der Waals surface area contributed by atoms with E-state index in [1.165, 1.54) is 9.80 Å². The smallest absolute Gasteiger partial charge is 0.411 e. The molecule has 0 saturated carbocycles. The third kappa shape index (κ3) is 6.48. The van der Waals surface area contributed by atoms with Gasteiger partial charge in [-0.05, 0) is 48.5 Å². The van der Waals surface area contributed by atoms with Crippen molar-refractivity contribution in [2.24, 2.45) is 0 Å². The van der Waals surface area contributed by atoms with Crippen molar-refractivity contribution in [2.45, 2.75) is 71.8 Å². The van der Waals surface area contributed by atoms with Gasteiger partial charge in [-0.2, -0.15) is 0 Å². The summed E-state index contributed by atoms with van der Waals surface area (Å²) in [4.78, 5) is 43.3. The molecule has 9 heteroatoms. The average Bonchev–Trinajstić information content (AvgIpc) is 2.58. The molecule has 2 heterocycles. The number of carbonyl (C=O) groups excluding carboxylic acids is 3. The number of hydrogen-bond donors (Lipinski definition) is 0. The Balaban J connectivity index is 2.22. The molecule has 0 bridgehead atoms. The maximum Gasteiger partial charge on any atom is 0.411 e. The van der Waals surface area contributed by atoms with Crippen molar-refractivity contribution in [3.05, 3.63) is 0 Å². The van der Waals surface area contributed by atoms with Crippen molar-refractivity contribution in [3.63, 3.8) is 0 Å². The van der Waals surface area contributed by atoms with Crippen molar-refractivity contribution in [1.82, 2.24) is 14.7 Å². The molecule has 0 radical (unpaired) electrons. The van der Waals surface area contributed by atoms with Crippen LogP contribution in [0.25, 0.3) is 0 Å². The minimum absolute atomic E-state index is 0.0665. The molecule has 0 spiro atoms. The van der Waals surface area contributed by atoms with Gasteiger partial charge in [0.25, 0.3) is 0 Å². The van der Waals surface area contributed by atoms with Gasteiger partial charge in [0.2, 0.25) is 5.91 Å². The Morgan fingerprint density at radius 3 is 2.00 bits per heavy atom. The molecule has 2 saturated heterocycles. The van der Waals surface area contributed by atoms with E-state index < -0.39 is 29.4 Å². The summed E-state index contributed by atoms with van der Waals surface area (Å²) in [7, 11) is 0. The fourth-order valence-electron chi connectivity index (χ4n) is 3.27. The Kier molecular flexibility index (Phi) is 7.03. The van der Waals surface area contributed by atoms with Crippen molar-refractivity contribution in [3.8, 4) is 0 Å². The van der Waals surface area contributed by atoms with E-state index in [9.17, 15) is 14.4 Å². The van der Waals surface area contributed by atoms with Crippen LogP contribution in [0.15, 0.2) is 0 Å². The zero-order valence-corrected chi connectivity index (χ0v) is 18.7. The molecule has 3 amide bonds. The van der Waals surface area contributed by atoms with Gasteiger partial charge in [0.1, 0.15) is 17.2 Å². The first kappa shape index (κ1) is 23.3. The van der Waals surface area contributed by atoms with Crippen LogP contribution in [0.5, 0.6) is 0 Å². The Hall–Kier alpha value is -2.03. The number of amides is 3. The number of hydrogen-bond acceptors (Lipinski definition) is 6. The lowest BCUT2D eigenvalue weighted by Crippen LogP contribution is -2.64. The monoisotopic (exact) mass is 413 g/mol. The molecule has 29 heavy (non-hydrogen) atoms. The second-order valence-corrected chi connectivity index (χ2v) is 9.57. The Morgan fingerprint density at radius 2 is 1.45 bits per heavy atom. The maximum atomic E-state index is 13.3. The van der Waals surface area contributed by atoms with Gasteiger partial charge in [-0.1, -0.05) is 0 Å². The standard InChI is InChI=1S/C20H35N3O6/c1-14-13-27-11-10-22(14)16(24)15-12-21(17(25)28-19(2,3)4)8-9-23(15)18(26)29-20(5,6)7/h14-15H,8-13H2,1-7H3/t14-,15+/m0/s1. The lowest BCUT2D eigenvalue weighted by atomic mass is 10.1. The van der Waals surface area contributed by atoms with Crippen LogP contribution < -0.4 is 0 Å². The van der Waals surface area contributed by atoms with Crippen LogP contribution in [0.2, 0.25) is 0 Å². The second kappa shape index (κ2) is 8.77. The van der Waals surface area contributed by atoms with Crippen LogP contribution in [0.4, 0.5) is 9.59 Å². The molecule has 2 fully saturated rings. The molecule has 2 rings (SSSR count). The lowest BCUT2D eigenvalue weighted by molar-refractivity contribution is -0.147. The minimum Gasteiger partial charge on any atom is -0.444 e. The number of piperazine rings is 1. The first-order valence-electron chi connectivity index (χ1n) is 10.1. The molecular formula is C20H35N3O6. The van der Waals surface area contributed by atoms with Crippen LogP contribution >= 0.6 is 0 Å². The predicted octanol–water partition coefficient (Wildman–Crippen LogP) is 2.09. The number of carbonyl (C=O) groups is 3. The number of morpholine rings is 1. The molecule has 0 aromatic carbocycles. The highest BCUT2D eigenvalue weighted by Crippen LogP contribution is 2.21. The van der Waals surface area contributed by atoms with Crippen LogP contribution in [0.3, 0.4) is 0 Å². The summed E-state index contributed by atoms with van der Waals surface area (Å²) < 4.78 is 16.4. The Bertz CT molecular complexity index is 625. The predicted molar refractivity (Wildman–Crippen MR) is 107 cm³/mol. The molecule has 0 aliphatic carbocycles. The zero-order valence-electron chi connectivity index (χ0n) is 18.7. The van der Waals surface area contributed by atoms with Gasteiger partial charge in [-0.15, -0.1) is 0 Å². The maximum absolute atomic E-state index is 13.3. The summed E-state index contributed by atoms with van der Waals surface area (Å²) in [5.74, 6) is -0.208. The summed E-state index contributed by atoms with van der Waals surface area (Å²) in [6.45, 7) is 14.5.